The van der Waals surface area contributed by atoms with E-state index in [0.717, 1.165) is 29.9 Å². The van der Waals surface area contributed by atoms with Crippen LogP contribution in [0.3, 0.4) is 0 Å². The van der Waals surface area contributed by atoms with Crippen LogP contribution in [0.25, 0.3) is 11.0 Å². The molecule has 0 amide bonds. The highest BCUT2D eigenvalue weighted by atomic mass is 15.2. The van der Waals surface area contributed by atoms with Gasteiger partial charge in [-0.2, -0.15) is 5.10 Å². The van der Waals surface area contributed by atoms with Gasteiger partial charge < -0.3 is 4.90 Å². The summed E-state index contributed by atoms with van der Waals surface area (Å²) >= 11 is 0. The number of nitrogens with one attached hydrogen (secondary N) is 1. The van der Waals surface area contributed by atoms with Crippen LogP contribution in [-0.2, 0) is 0 Å². The highest BCUT2D eigenvalue weighted by molar-refractivity contribution is 5.86. The SMILES string of the molecule is CCCC1(C)CCCN(c2ncnc3[nH]ncc23)C1. The van der Waals surface area contributed by atoms with Crippen molar-refractivity contribution in [1.29, 1.82) is 0 Å². The maximum Gasteiger partial charge on any atom is 0.160 e. The van der Waals surface area contributed by atoms with Crippen molar-refractivity contribution in [3.8, 4) is 0 Å². The monoisotopic (exact) mass is 259 g/mol. The molecule has 3 rings (SSSR count). The van der Waals surface area contributed by atoms with Crippen molar-refractivity contribution in [3.63, 3.8) is 0 Å². The normalized spacial score (nSPS) is 24.0. The molecule has 19 heavy (non-hydrogen) atoms. The van der Waals surface area contributed by atoms with E-state index in [1.165, 1.54) is 25.7 Å². The minimum Gasteiger partial charge on any atom is -0.355 e. The molecule has 0 saturated carbocycles. The summed E-state index contributed by atoms with van der Waals surface area (Å²) in [6, 6.07) is 0. The summed E-state index contributed by atoms with van der Waals surface area (Å²) in [6.45, 7) is 6.83. The quantitative estimate of drug-likeness (QED) is 0.920. The van der Waals surface area contributed by atoms with Crippen molar-refractivity contribution in [2.45, 2.75) is 39.5 Å². The lowest BCUT2D eigenvalue weighted by Crippen LogP contribution is -2.42. The molecule has 1 aliphatic rings. The van der Waals surface area contributed by atoms with E-state index < -0.39 is 0 Å². The summed E-state index contributed by atoms with van der Waals surface area (Å²) in [5.74, 6) is 1.03. The van der Waals surface area contributed by atoms with Gasteiger partial charge in [0.1, 0.15) is 12.1 Å². The molecule has 1 aliphatic heterocycles. The lowest BCUT2D eigenvalue weighted by Gasteiger charge is -2.41. The van der Waals surface area contributed by atoms with E-state index in [0.29, 0.717) is 5.41 Å². The summed E-state index contributed by atoms with van der Waals surface area (Å²) < 4.78 is 0. The van der Waals surface area contributed by atoms with Crippen molar-refractivity contribution < 1.29 is 0 Å². The Bertz CT molecular complexity index is 560. The summed E-state index contributed by atoms with van der Waals surface area (Å²) in [4.78, 5) is 11.1. The zero-order valence-electron chi connectivity index (χ0n) is 11.7. The Balaban J connectivity index is 1.91. The topological polar surface area (TPSA) is 57.7 Å². The first kappa shape index (κ1) is 12.4. The van der Waals surface area contributed by atoms with Crippen LogP contribution in [0.1, 0.15) is 39.5 Å². The van der Waals surface area contributed by atoms with E-state index >= 15 is 0 Å². The largest absolute Gasteiger partial charge is 0.355 e. The summed E-state index contributed by atoms with van der Waals surface area (Å²) in [5, 5.41) is 8.02. The van der Waals surface area contributed by atoms with E-state index in [2.05, 4.69) is 38.9 Å². The molecular formula is C14H21N5. The van der Waals surface area contributed by atoms with Gasteiger partial charge in [-0.3, -0.25) is 5.10 Å². The fourth-order valence-electron chi connectivity index (χ4n) is 3.31. The lowest BCUT2D eigenvalue weighted by atomic mass is 9.78. The van der Waals surface area contributed by atoms with Gasteiger partial charge in [-0.25, -0.2) is 9.97 Å². The first-order valence-corrected chi connectivity index (χ1v) is 7.11. The lowest BCUT2D eigenvalue weighted by molar-refractivity contribution is 0.238. The Hall–Kier alpha value is -1.65. The third-order valence-corrected chi connectivity index (χ3v) is 4.16. The van der Waals surface area contributed by atoms with Crippen molar-refractivity contribution in [2.24, 2.45) is 5.41 Å². The number of hydrogen-bond donors (Lipinski definition) is 1. The molecule has 1 saturated heterocycles. The van der Waals surface area contributed by atoms with Crippen molar-refractivity contribution in [3.05, 3.63) is 12.5 Å². The van der Waals surface area contributed by atoms with Crippen LogP contribution in [0, 0.1) is 5.41 Å². The molecule has 5 nitrogen and oxygen atoms in total. The molecule has 0 bridgehead atoms. The van der Waals surface area contributed by atoms with Crippen LogP contribution >= 0.6 is 0 Å². The van der Waals surface area contributed by atoms with Crippen LogP contribution in [0.2, 0.25) is 0 Å². The predicted octanol–water partition coefficient (Wildman–Crippen LogP) is 2.76. The molecule has 2 aromatic heterocycles. The van der Waals surface area contributed by atoms with Crippen LogP contribution < -0.4 is 4.90 Å². The van der Waals surface area contributed by atoms with E-state index in [1.807, 2.05) is 6.20 Å². The Morgan fingerprint density at radius 3 is 3.16 bits per heavy atom. The molecule has 0 aliphatic carbocycles. The highest BCUT2D eigenvalue weighted by Gasteiger charge is 2.31. The van der Waals surface area contributed by atoms with Crippen LogP contribution in [0.4, 0.5) is 5.82 Å². The second-order valence-electron chi connectivity index (χ2n) is 5.92. The van der Waals surface area contributed by atoms with Gasteiger partial charge >= 0.3 is 0 Å². The Morgan fingerprint density at radius 1 is 1.42 bits per heavy atom. The van der Waals surface area contributed by atoms with E-state index in [9.17, 15) is 0 Å². The summed E-state index contributed by atoms with van der Waals surface area (Å²) in [6.07, 6.45) is 8.53. The van der Waals surface area contributed by atoms with Gasteiger partial charge in [0.15, 0.2) is 5.65 Å². The number of H-pyrrole nitrogens is 1. The first-order chi connectivity index (χ1) is 9.22. The summed E-state index contributed by atoms with van der Waals surface area (Å²) in [5.41, 5.74) is 1.24. The number of aromatic nitrogens is 4. The Kier molecular flexibility index (Phi) is 3.12. The average Bonchev–Trinajstić information content (AvgIpc) is 2.86. The van der Waals surface area contributed by atoms with Gasteiger partial charge in [-0.05, 0) is 24.7 Å². The van der Waals surface area contributed by atoms with Crippen molar-refractivity contribution in [1.82, 2.24) is 20.2 Å². The van der Waals surface area contributed by atoms with Gasteiger partial charge in [0.2, 0.25) is 0 Å². The number of fused-ring (bicyclic) bond motifs is 1. The fourth-order valence-corrected chi connectivity index (χ4v) is 3.31. The molecular weight excluding hydrogens is 238 g/mol. The van der Waals surface area contributed by atoms with Gasteiger partial charge in [0.25, 0.3) is 0 Å². The number of piperidine rings is 1. The minimum atomic E-state index is 0.411. The predicted molar refractivity (Wildman–Crippen MR) is 76.1 cm³/mol. The number of hydrogen-bond acceptors (Lipinski definition) is 4. The molecule has 2 aromatic rings. The van der Waals surface area contributed by atoms with Crippen LogP contribution in [-0.4, -0.2) is 33.3 Å². The highest BCUT2D eigenvalue weighted by Crippen LogP contribution is 2.36. The Labute approximate surface area is 113 Å². The average molecular weight is 259 g/mol. The molecule has 5 heteroatoms. The van der Waals surface area contributed by atoms with Crippen LogP contribution in [0.15, 0.2) is 12.5 Å². The smallest absolute Gasteiger partial charge is 0.160 e. The standard InChI is InChI=1S/C14H21N5/c1-3-5-14(2)6-4-7-19(9-14)13-11-8-17-18-12(11)15-10-16-13/h8,10H,3-7,9H2,1-2H3,(H,15,16,17,18). The molecule has 102 valence electrons. The Morgan fingerprint density at radius 2 is 2.32 bits per heavy atom. The second kappa shape index (κ2) is 4.79. The van der Waals surface area contributed by atoms with Gasteiger partial charge in [-0.1, -0.05) is 20.3 Å². The fraction of sp³-hybridized carbons (Fsp3) is 0.643. The van der Waals surface area contributed by atoms with Crippen molar-refractivity contribution >= 4 is 16.9 Å². The van der Waals surface area contributed by atoms with Gasteiger partial charge in [0, 0.05) is 13.1 Å². The molecule has 1 unspecified atom stereocenters. The first-order valence-electron chi connectivity index (χ1n) is 7.11. The molecule has 3 heterocycles. The number of nitrogens with zero attached hydrogens (tertiary/aromatic N) is 4. The minimum absolute atomic E-state index is 0.411. The van der Waals surface area contributed by atoms with Crippen molar-refractivity contribution in [2.75, 3.05) is 18.0 Å². The second-order valence-corrected chi connectivity index (χ2v) is 5.92. The number of rotatable bonds is 3. The molecule has 0 spiro atoms. The maximum atomic E-state index is 4.48. The maximum absolute atomic E-state index is 4.48. The third-order valence-electron chi connectivity index (χ3n) is 4.16. The zero-order chi connectivity index (χ0) is 13.3. The molecule has 1 N–H and O–H groups in total. The molecule has 1 atom stereocenters. The number of aromatic amines is 1. The molecule has 0 aromatic carbocycles. The zero-order valence-corrected chi connectivity index (χ0v) is 11.7. The van der Waals surface area contributed by atoms with Gasteiger partial charge in [-0.15, -0.1) is 0 Å². The van der Waals surface area contributed by atoms with E-state index in [-0.39, 0.29) is 0 Å². The van der Waals surface area contributed by atoms with E-state index in [4.69, 9.17) is 0 Å². The number of anilines is 1. The van der Waals surface area contributed by atoms with Gasteiger partial charge in [0.05, 0.1) is 11.6 Å². The third kappa shape index (κ3) is 2.29. The molecule has 0 radical (unpaired) electrons. The van der Waals surface area contributed by atoms with E-state index in [1.54, 1.807) is 6.33 Å². The summed E-state index contributed by atoms with van der Waals surface area (Å²) in [7, 11) is 0. The molecule has 1 fully saturated rings. The van der Waals surface area contributed by atoms with Crippen LogP contribution in [0.5, 0.6) is 0 Å².